The van der Waals surface area contributed by atoms with Crippen molar-refractivity contribution in [3.8, 4) is 0 Å². The minimum Gasteiger partial charge on any atom is -0.366 e. The number of nitrogens with one attached hydrogen (secondary N) is 2. The van der Waals surface area contributed by atoms with Crippen LogP contribution in [-0.2, 0) is 6.42 Å². The Kier molecular flexibility index (Phi) is 5.50. The van der Waals surface area contributed by atoms with Crippen molar-refractivity contribution >= 4 is 34.4 Å². The van der Waals surface area contributed by atoms with E-state index in [9.17, 15) is 9.59 Å². The van der Waals surface area contributed by atoms with Crippen LogP contribution in [0.2, 0.25) is 0 Å². The Morgan fingerprint density at radius 3 is 3.00 bits per heavy atom. The number of carbonyl (C=O) groups excluding carboxylic acids is 1. The molecular weight excluding hydrogens is 388 g/mol. The molecule has 29 heavy (non-hydrogen) atoms. The molecule has 0 bridgehead atoms. The quantitative estimate of drug-likeness (QED) is 0.540. The van der Waals surface area contributed by atoms with Gasteiger partial charge in [0.15, 0.2) is 0 Å². The van der Waals surface area contributed by atoms with Crippen LogP contribution in [0, 0.1) is 0 Å². The molecule has 0 aromatic carbocycles. The first-order valence-electron chi connectivity index (χ1n) is 9.34. The first kappa shape index (κ1) is 19.4. The SMILES string of the molecule is CSc1cc2ncc(CC3CNCCN3c3ccnc(C(N)=O)c3)cc2[nH]c1=O. The number of piperazine rings is 1. The largest absolute Gasteiger partial charge is 0.366 e. The van der Waals surface area contributed by atoms with Crippen LogP contribution in [0.1, 0.15) is 16.1 Å². The van der Waals surface area contributed by atoms with E-state index in [0.29, 0.717) is 4.90 Å². The maximum Gasteiger partial charge on any atom is 0.267 e. The van der Waals surface area contributed by atoms with E-state index in [1.165, 1.54) is 11.8 Å². The van der Waals surface area contributed by atoms with Crippen molar-refractivity contribution in [1.29, 1.82) is 0 Å². The monoisotopic (exact) mass is 410 g/mol. The second kappa shape index (κ2) is 8.22. The number of amides is 1. The molecule has 3 aromatic heterocycles. The number of anilines is 1. The van der Waals surface area contributed by atoms with Crippen LogP contribution < -0.4 is 21.5 Å². The van der Waals surface area contributed by atoms with E-state index in [2.05, 4.69) is 25.2 Å². The molecule has 4 heterocycles. The van der Waals surface area contributed by atoms with E-state index in [1.807, 2.05) is 30.7 Å². The molecule has 8 nitrogen and oxygen atoms in total. The van der Waals surface area contributed by atoms with Crippen LogP contribution in [0.3, 0.4) is 0 Å². The summed E-state index contributed by atoms with van der Waals surface area (Å²) in [6, 6.07) is 7.61. The third-order valence-electron chi connectivity index (χ3n) is 5.08. The maximum atomic E-state index is 12.1. The molecule has 1 aliphatic heterocycles. The minimum atomic E-state index is -0.536. The number of H-pyrrole nitrogens is 1. The standard InChI is InChI=1S/C20H22N6O2S/c1-29-18-9-15-16(25-20(18)28)7-12(10-24-15)6-14-11-22-4-5-26(14)13-2-3-23-17(8-13)19(21)27/h2-3,7-10,14,22H,4-6,11H2,1H3,(H2,21,27)(H,25,28). The van der Waals surface area contributed by atoms with Crippen molar-refractivity contribution in [3.63, 3.8) is 0 Å². The minimum absolute atomic E-state index is 0.0966. The molecule has 150 valence electrons. The lowest BCUT2D eigenvalue weighted by Crippen LogP contribution is -2.52. The van der Waals surface area contributed by atoms with Crippen LogP contribution in [0.5, 0.6) is 0 Å². The Balaban J connectivity index is 1.62. The first-order valence-corrected chi connectivity index (χ1v) is 10.6. The zero-order valence-electron chi connectivity index (χ0n) is 16.0. The molecular formula is C20H22N6O2S. The van der Waals surface area contributed by atoms with Crippen LogP contribution in [0.15, 0.2) is 46.3 Å². The summed E-state index contributed by atoms with van der Waals surface area (Å²) in [7, 11) is 0. The number of hydrogen-bond donors (Lipinski definition) is 3. The summed E-state index contributed by atoms with van der Waals surface area (Å²) in [5.74, 6) is -0.536. The summed E-state index contributed by atoms with van der Waals surface area (Å²) in [6.07, 6.45) is 6.09. The number of aromatic nitrogens is 3. The molecule has 0 radical (unpaired) electrons. The van der Waals surface area contributed by atoms with Crippen molar-refractivity contribution < 1.29 is 4.79 Å². The van der Waals surface area contributed by atoms with E-state index in [1.54, 1.807) is 12.3 Å². The van der Waals surface area contributed by atoms with E-state index < -0.39 is 5.91 Å². The van der Waals surface area contributed by atoms with Crippen molar-refractivity contribution in [2.45, 2.75) is 17.4 Å². The number of primary amides is 1. The fraction of sp³-hybridized carbons (Fsp3) is 0.300. The van der Waals surface area contributed by atoms with E-state index in [0.717, 1.165) is 48.3 Å². The number of hydrogen-bond acceptors (Lipinski definition) is 7. The van der Waals surface area contributed by atoms with Gasteiger partial charge < -0.3 is 20.9 Å². The van der Waals surface area contributed by atoms with Gasteiger partial charge in [0.25, 0.3) is 11.5 Å². The summed E-state index contributed by atoms with van der Waals surface area (Å²) >= 11 is 1.41. The lowest BCUT2D eigenvalue weighted by molar-refractivity contribution is 0.0995. The van der Waals surface area contributed by atoms with E-state index in [4.69, 9.17) is 5.73 Å². The zero-order chi connectivity index (χ0) is 20.4. The second-order valence-electron chi connectivity index (χ2n) is 6.96. The maximum absolute atomic E-state index is 12.1. The Morgan fingerprint density at radius 2 is 2.21 bits per heavy atom. The highest BCUT2D eigenvalue weighted by Gasteiger charge is 2.24. The summed E-state index contributed by atoms with van der Waals surface area (Å²) in [4.78, 5) is 38.0. The van der Waals surface area contributed by atoms with Gasteiger partial charge in [-0.05, 0) is 42.5 Å². The normalized spacial score (nSPS) is 16.9. The second-order valence-corrected chi connectivity index (χ2v) is 7.81. The molecule has 4 rings (SSSR count). The fourth-order valence-corrected chi connectivity index (χ4v) is 4.12. The Hall–Kier alpha value is -2.91. The third kappa shape index (κ3) is 4.10. The number of fused-ring (bicyclic) bond motifs is 1. The number of nitrogens with two attached hydrogens (primary N) is 1. The Labute approximate surface area is 171 Å². The zero-order valence-corrected chi connectivity index (χ0v) is 16.8. The van der Waals surface area contributed by atoms with Gasteiger partial charge in [0.2, 0.25) is 0 Å². The molecule has 9 heteroatoms. The molecule has 3 aromatic rings. The van der Waals surface area contributed by atoms with Crippen LogP contribution in [0.4, 0.5) is 5.69 Å². The number of aromatic amines is 1. The van der Waals surface area contributed by atoms with Crippen molar-refractivity contribution in [1.82, 2.24) is 20.3 Å². The van der Waals surface area contributed by atoms with E-state index in [-0.39, 0.29) is 17.3 Å². The van der Waals surface area contributed by atoms with Gasteiger partial charge in [-0.2, -0.15) is 0 Å². The molecule has 1 atom stereocenters. The number of thioether (sulfide) groups is 1. The lowest BCUT2D eigenvalue weighted by atomic mass is 10.0. The summed E-state index contributed by atoms with van der Waals surface area (Å²) < 4.78 is 0. The predicted octanol–water partition coefficient (Wildman–Crippen LogP) is 1.16. The summed E-state index contributed by atoms with van der Waals surface area (Å²) in [5.41, 5.74) is 9.02. The summed E-state index contributed by atoms with van der Waals surface area (Å²) in [5, 5.41) is 3.42. The number of nitrogens with zero attached hydrogens (tertiary/aromatic N) is 3. The molecule has 1 fully saturated rings. The summed E-state index contributed by atoms with van der Waals surface area (Å²) in [6.45, 7) is 2.46. The first-order chi connectivity index (χ1) is 14.0. The molecule has 0 aliphatic carbocycles. The van der Waals surface area contributed by atoms with Crippen LogP contribution in [-0.4, -0.2) is 52.8 Å². The Bertz CT molecular complexity index is 1120. The average Bonchev–Trinajstić information content (AvgIpc) is 2.73. The van der Waals surface area contributed by atoms with Crippen molar-refractivity contribution in [3.05, 3.63) is 58.3 Å². The fourth-order valence-electron chi connectivity index (χ4n) is 3.66. The molecule has 0 spiro atoms. The highest BCUT2D eigenvalue weighted by atomic mass is 32.2. The third-order valence-corrected chi connectivity index (χ3v) is 5.83. The average molecular weight is 411 g/mol. The topological polar surface area (TPSA) is 117 Å². The molecule has 1 aliphatic rings. The van der Waals surface area contributed by atoms with Gasteiger partial charge in [0, 0.05) is 43.8 Å². The molecule has 4 N–H and O–H groups in total. The van der Waals surface area contributed by atoms with Gasteiger partial charge in [-0.15, -0.1) is 11.8 Å². The highest BCUT2D eigenvalue weighted by molar-refractivity contribution is 7.98. The molecule has 1 saturated heterocycles. The Morgan fingerprint density at radius 1 is 1.34 bits per heavy atom. The van der Waals surface area contributed by atoms with Gasteiger partial charge in [0.1, 0.15) is 5.69 Å². The van der Waals surface area contributed by atoms with Crippen LogP contribution >= 0.6 is 11.8 Å². The molecule has 1 amide bonds. The predicted molar refractivity (Wildman–Crippen MR) is 115 cm³/mol. The van der Waals surface area contributed by atoms with Crippen molar-refractivity contribution in [2.75, 3.05) is 30.8 Å². The number of rotatable bonds is 5. The van der Waals surface area contributed by atoms with Gasteiger partial charge in [-0.3, -0.25) is 19.6 Å². The number of pyridine rings is 3. The van der Waals surface area contributed by atoms with E-state index >= 15 is 0 Å². The van der Waals surface area contributed by atoms with Gasteiger partial charge in [0.05, 0.1) is 15.9 Å². The smallest absolute Gasteiger partial charge is 0.267 e. The van der Waals surface area contributed by atoms with Gasteiger partial charge in [-0.1, -0.05) is 0 Å². The molecule has 0 saturated carbocycles. The molecule has 1 unspecified atom stereocenters. The lowest BCUT2D eigenvalue weighted by Gasteiger charge is -2.38. The highest BCUT2D eigenvalue weighted by Crippen LogP contribution is 2.22. The van der Waals surface area contributed by atoms with Crippen LogP contribution in [0.25, 0.3) is 11.0 Å². The number of carbonyl (C=O) groups is 1. The van der Waals surface area contributed by atoms with Gasteiger partial charge in [-0.25, -0.2) is 0 Å². The van der Waals surface area contributed by atoms with Crippen molar-refractivity contribution in [2.24, 2.45) is 5.73 Å². The van der Waals surface area contributed by atoms with Gasteiger partial charge >= 0.3 is 0 Å².